The van der Waals surface area contributed by atoms with Crippen LogP contribution in [0.1, 0.15) is 41.6 Å². The molecule has 2 aliphatic rings. The number of fused-ring (bicyclic) bond motifs is 2. The predicted octanol–water partition coefficient (Wildman–Crippen LogP) is 4.39. The van der Waals surface area contributed by atoms with Gasteiger partial charge < -0.3 is 15.2 Å². The van der Waals surface area contributed by atoms with Crippen LogP contribution in [0.5, 0.6) is 5.75 Å². The third-order valence-electron chi connectivity index (χ3n) is 5.44. The molecule has 0 radical (unpaired) electrons. The van der Waals surface area contributed by atoms with Gasteiger partial charge in [0, 0.05) is 11.8 Å². The third kappa shape index (κ3) is 3.04. The van der Waals surface area contributed by atoms with Crippen LogP contribution in [0.4, 0.5) is 10.1 Å². The maximum atomic E-state index is 13.3. The van der Waals surface area contributed by atoms with Gasteiger partial charge in [0.1, 0.15) is 11.6 Å². The third-order valence-corrected chi connectivity index (χ3v) is 5.73. The van der Waals surface area contributed by atoms with Gasteiger partial charge in [0.25, 0.3) is 0 Å². The van der Waals surface area contributed by atoms with Crippen LogP contribution in [0.15, 0.2) is 36.4 Å². The lowest BCUT2D eigenvalue weighted by Gasteiger charge is -2.35. The highest BCUT2D eigenvalue weighted by Gasteiger charge is 2.49. The van der Waals surface area contributed by atoms with Crippen molar-refractivity contribution in [2.45, 2.75) is 37.2 Å². The summed E-state index contributed by atoms with van der Waals surface area (Å²) in [5.41, 5.74) is 0.871. The van der Waals surface area contributed by atoms with E-state index in [-0.39, 0.29) is 22.6 Å². The van der Waals surface area contributed by atoms with Crippen LogP contribution < -0.4 is 10.1 Å². The Kier molecular flexibility index (Phi) is 4.30. The first-order valence-corrected chi connectivity index (χ1v) is 9.08. The second kappa shape index (κ2) is 6.53. The van der Waals surface area contributed by atoms with Crippen LogP contribution in [0.3, 0.4) is 0 Å². The van der Waals surface area contributed by atoms with E-state index in [0.29, 0.717) is 37.1 Å². The van der Waals surface area contributed by atoms with Gasteiger partial charge in [0.2, 0.25) is 5.91 Å². The van der Waals surface area contributed by atoms with Crippen LogP contribution in [0, 0.1) is 5.82 Å². The molecule has 140 valence electrons. The summed E-state index contributed by atoms with van der Waals surface area (Å²) < 4.78 is 19.2. The first kappa shape index (κ1) is 17.8. The maximum Gasteiger partial charge on any atom is 0.335 e. The zero-order chi connectivity index (χ0) is 19.2. The zero-order valence-electron chi connectivity index (χ0n) is 14.3. The number of hydrogen-bond acceptors (Lipinski definition) is 3. The lowest BCUT2D eigenvalue weighted by molar-refractivity contribution is -0.122. The van der Waals surface area contributed by atoms with Crippen molar-refractivity contribution in [2.75, 3.05) is 5.32 Å². The van der Waals surface area contributed by atoms with E-state index in [9.17, 15) is 19.1 Å². The molecule has 2 aromatic carbocycles. The molecule has 0 atom stereocenters. The molecule has 1 aliphatic heterocycles. The van der Waals surface area contributed by atoms with Crippen LogP contribution in [0.2, 0.25) is 5.02 Å². The Morgan fingerprint density at radius 1 is 1.22 bits per heavy atom. The number of carboxylic acids is 1. The molecule has 0 saturated heterocycles. The number of nitrogens with one attached hydrogen (secondary N) is 1. The normalized spacial score (nSPS) is 23.8. The van der Waals surface area contributed by atoms with Gasteiger partial charge >= 0.3 is 5.97 Å². The van der Waals surface area contributed by atoms with Crippen molar-refractivity contribution in [2.24, 2.45) is 0 Å². The van der Waals surface area contributed by atoms with Crippen molar-refractivity contribution in [1.82, 2.24) is 0 Å². The Balaban J connectivity index is 1.53. The van der Waals surface area contributed by atoms with E-state index in [1.807, 2.05) is 0 Å². The summed E-state index contributed by atoms with van der Waals surface area (Å²) in [5, 5.41) is 12.1. The molecular weight excluding hydrogens is 373 g/mol. The summed E-state index contributed by atoms with van der Waals surface area (Å²) in [4.78, 5) is 24.0. The van der Waals surface area contributed by atoms with Crippen molar-refractivity contribution in [3.05, 3.63) is 58.4 Å². The molecule has 2 aromatic rings. The minimum atomic E-state index is -1.02. The van der Waals surface area contributed by atoms with E-state index < -0.39 is 17.2 Å². The standard InChI is InChI=1S/C20H17ClFNO4/c21-15-10-13(2-3-16(15)22)27-12-5-7-20(8-6-12)14-9-11(18(24)25)1-4-17(14)23-19(20)26/h1-4,9-10,12H,5-8H2,(H,23,26)(H,24,25)/t12-,20-. The van der Waals surface area contributed by atoms with E-state index in [1.54, 1.807) is 12.1 Å². The number of benzene rings is 2. The number of ether oxygens (including phenoxy) is 1. The molecule has 1 amide bonds. The Morgan fingerprint density at radius 2 is 1.96 bits per heavy atom. The highest BCUT2D eigenvalue weighted by molar-refractivity contribution is 6.30. The van der Waals surface area contributed by atoms with Crippen LogP contribution in [0.25, 0.3) is 0 Å². The highest BCUT2D eigenvalue weighted by atomic mass is 35.5. The molecule has 1 aliphatic carbocycles. The summed E-state index contributed by atoms with van der Waals surface area (Å²) in [6.45, 7) is 0. The van der Waals surface area contributed by atoms with Crippen molar-refractivity contribution < 1.29 is 23.8 Å². The Hall–Kier alpha value is -2.60. The number of carbonyl (C=O) groups excluding carboxylic acids is 1. The minimum Gasteiger partial charge on any atom is -0.490 e. The van der Waals surface area contributed by atoms with E-state index in [4.69, 9.17) is 16.3 Å². The number of halogens is 2. The summed E-state index contributed by atoms with van der Waals surface area (Å²) in [6, 6.07) is 8.97. The van der Waals surface area contributed by atoms with Crippen LogP contribution in [-0.2, 0) is 10.2 Å². The van der Waals surface area contributed by atoms with Crippen molar-refractivity contribution in [3.63, 3.8) is 0 Å². The molecular formula is C20H17ClFNO4. The monoisotopic (exact) mass is 389 g/mol. The van der Waals surface area contributed by atoms with Gasteiger partial charge in [-0.25, -0.2) is 9.18 Å². The lowest BCUT2D eigenvalue weighted by Crippen LogP contribution is -2.41. The Labute approximate surface area is 160 Å². The largest absolute Gasteiger partial charge is 0.490 e. The first-order valence-electron chi connectivity index (χ1n) is 8.70. The number of carboxylic acid groups (broad SMARTS) is 1. The summed E-state index contributed by atoms with van der Waals surface area (Å²) in [5.74, 6) is -1.12. The van der Waals surface area contributed by atoms with Gasteiger partial charge in [-0.2, -0.15) is 0 Å². The van der Waals surface area contributed by atoms with Crippen LogP contribution in [-0.4, -0.2) is 23.1 Å². The van der Waals surface area contributed by atoms with Gasteiger partial charge in [-0.1, -0.05) is 11.6 Å². The lowest BCUT2D eigenvalue weighted by atomic mass is 9.69. The van der Waals surface area contributed by atoms with Crippen molar-refractivity contribution in [3.8, 4) is 5.75 Å². The fourth-order valence-corrected chi connectivity index (χ4v) is 4.16. The zero-order valence-corrected chi connectivity index (χ0v) is 15.1. The molecule has 0 bridgehead atoms. The average Bonchev–Trinajstić information content (AvgIpc) is 2.91. The second-order valence-electron chi connectivity index (χ2n) is 6.99. The van der Waals surface area contributed by atoms with Gasteiger partial charge in [-0.05, 0) is 61.6 Å². The molecule has 1 heterocycles. The molecule has 1 spiro atoms. The van der Waals surface area contributed by atoms with E-state index in [2.05, 4.69) is 5.32 Å². The Morgan fingerprint density at radius 3 is 2.63 bits per heavy atom. The fourth-order valence-electron chi connectivity index (χ4n) is 3.99. The maximum absolute atomic E-state index is 13.3. The number of anilines is 1. The highest BCUT2D eigenvalue weighted by Crippen LogP contribution is 2.48. The topological polar surface area (TPSA) is 75.6 Å². The summed E-state index contributed by atoms with van der Waals surface area (Å²) >= 11 is 5.79. The summed E-state index contributed by atoms with van der Waals surface area (Å²) in [7, 11) is 0. The number of carbonyl (C=O) groups is 2. The average molecular weight is 390 g/mol. The molecule has 27 heavy (non-hydrogen) atoms. The second-order valence-corrected chi connectivity index (χ2v) is 7.40. The number of aromatic carboxylic acids is 1. The van der Waals surface area contributed by atoms with Crippen molar-refractivity contribution in [1.29, 1.82) is 0 Å². The van der Waals surface area contributed by atoms with Gasteiger partial charge in [0.15, 0.2) is 0 Å². The van der Waals surface area contributed by atoms with Crippen molar-refractivity contribution >= 4 is 29.2 Å². The predicted molar refractivity (Wildman–Crippen MR) is 98.0 cm³/mol. The molecule has 2 N–H and O–H groups in total. The number of hydrogen-bond donors (Lipinski definition) is 2. The molecule has 0 unspecified atom stereocenters. The van der Waals surface area contributed by atoms with E-state index >= 15 is 0 Å². The Bertz CT molecular complexity index is 938. The fraction of sp³-hybridized carbons (Fsp3) is 0.300. The van der Waals surface area contributed by atoms with Gasteiger partial charge in [-0.15, -0.1) is 0 Å². The van der Waals surface area contributed by atoms with E-state index in [0.717, 1.165) is 5.56 Å². The minimum absolute atomic E-state index is 0.00470. The first-order chi connectivity index (χ1) is 12.9. The van der Waals surface area contributed by atoms with Crippen LogP contribution >= 0.6 is 11.6 Å². The van der Waals surface area contributed by atoms with Gasteiger partial charge in [-0.3, -0.25) is 4.79 Å². The molecule has 1 fully saturated rings. The van der Waals surface area contributed by atoms with Gasteiger partial charge in [0.05, 0.1) is 22.1 Å². The van der Waals surface area contributed by atoms with E-state index in [1.165, 1.54) is 24.3 Å². The molecule has 4 rings (SSSR count). The number of amides is 1. The smallest absolute Gasteiger partial charge is 0.335 e. The SMILES string of the molecule is O=C(O)c1ccc2c(c1)[C@]1(CC[C@@H](Oc3ccc(F)c(Cl)c3)CC1)C(=O)N2. The number of rotatable bonds is 3. The molecule has 5 nitrogen and oxygen atoms in total. The molecule has 0 aromatic heterocycles. The summed E-state index contributed by atoms with van der Waals surface area (Å²) in [6.07, 6.45) is 2.23. The molecule has 1 saturated carbocycles. The quantitative estimate of drug-likeness (QED) is 0.816. The molecule has 7 heteroatoms.